The van der Waals surface area contributed by atoms with Crippen molar-refractivity contribution in [3.63, 3.8) is 0 Å². The number of amides is 2. The predicted molar refractivity (Wildman–Crippen MR) is 71.1 cm³/mol. The summed E-state index contributed by atoms with van der Waals surface area (Å²) in [6.07, 6.45) is 3.37. The number of aryl methyl sites for hydroxylation is 1. The van der Waals surface area contributed by atoms with E-state index >= 15 is 0 Å². The van der Waals surface area contributed by atoms with Crippen LogP contribution in [0.4, 0.5) is 10.5 Å². The topological polar surface area (TPSA) is 103 Å². The Balaban J connectivity index is 2.12. The van der Waals surface area contributed by atoms with Gasteiger partial charge in [-0.3, -0.25) is 9.78 Å². The van der Waals surface area contributed by atoms with Gasteiger partial charge in [-0.25, -0.2) is 4.79 Å². The van der Waals surface area contributed by atoms with E-state index in [9.17, 15) is 9.59 Å². The lowest BCUT2D eigenvalue weighted by Crippen LogP contribution is -2.38. The number of aliphatic carboxylic acids is 1. The molecule has 1 aromatic heterocycles. The molecular weight excluding hydrogens is 248 g/mol. The van der Waals surface area contributed by atoms with E-state index in [0.29, 0.717) is 13.1 Å². The number of hydrogen-bond donors (Lipinski definition) is 4. The minimum absolute atomic E-state index is 0.0815. The monoisotopic (exact) mass is 266 g/mol. The molecule has 0 aromatic carbocycles. The maximum absolute atomic E-state index is 11.2. The second-order valence-corrected chi connectivity index (χ2v) is 3.94. The number of nitrogens with zero attached hydrogens (tertiary/aromatic N) is 1. The van der Waals surface area contributed by atoms with Crippen LogP contribution < -0.4 is 16.0 Å². The van der Waals surface area contributed by atoms with Gasteiger partial charge in [-0.1, -0.05) is 0 Å². The number of anilines is 1. The Morgan fingerprint density at radius 2 is 2.00 bits per heavy atom. The molecule has 0 fully saturated rings. The van der Waals surface area contributed by atoms with Crippen molar-refractivity contribution in [3.8, 4) is 0 Å². The number of aromatic nitrogens is 1. The molecule has 0 unspecified atom stereocenters. The Bertz CT molecular complexity index is 437. The van der Waals surface area contributed by atoms with Gasteiger partial charge in [0, 0.05) is 37.7 Å². The Kier molecular flexibility index (Phi) is 6.14. The molecule has 0 saturated carbocycles. The Morgan fingerprint density at radius 1 is 1.26 bits per heavy atom. The molecule has 1 rings (SSSR count). The SMILES string of the molecule is Cc1cnccc1NCCNC(=O)NCCC(=O)O. The summed E-state index contributed by atoms with van der Waals surface area (Å²) in [6, 6.07) is 1.50. The van der Waals surface area contributed by atoms with Gasteiger partial charge in [0.1, 0.15) is 0 Å². The van der Waals surface area contributed by atoms with Gasteiger partial charge in [0.15, 0.2) is 0 Å². The molecule has 0 saturated heterocycles. The van der Waals surface area contributed by atoms with Crippen molar-refractivity contribution in [2.24, 2.45) is 0 Å². The number of carboxylic acid groups (broad SMARTS) is 1. The first-order chi connectivity index (χ1) is 9.09. The predicted octanol–water partition coefficient (Wildman–Crippen LogP) is 0.576. The van der Waals surface area contributed by atoms with Crippen LogP contribution in [0.2, 0.25) is 0 Å². The van der Waals surface area contributed by atoms with Gasteiger partial charge in [-0.2, -0.15) is 0 Å². The minimum Gasteiger partial charge on any atom is -0.481 e. The number of hydrogen-bond acceptors (Lipinski definition) is 4. The molecule has 0 aliphatic heterocycles. The van der Waals surface area contributed by atoms with E-state index in [1.807, 2.05) is 13.0 Å². The summed E-state index contributed by atoms with van der Waals surface area (Å²) in [7, 11) is 0. The zero-order valence-corrected chi connectivity index (χ0v) is 10.8. The highest BCUT2D eigenvalue weighted by molar-refractivity contribution is 5.75. The number of rotatable bonds is 7. The van der Waals surface area contributed by atoms with E-state index in [4.69, 9.17) is 5.11 Å². The molecular formula is C12H18N4O3. The lowest BCUT2D eigenvalue weighted by molar-refractivity contribution is -0.136. The fraction of sp³-hybridized carbons (Fsp3) is 0.417. The van der Waals surface area contributed by atoms with E-state index in [1.165, 1.54) is 0 Å². The van der Waals surface area contributed by atoms with Gasteiger partial charge >= 0.3 is 12.0 Å². The van der Waals surface area contributed by atoms with Crippen LogP contribution in [0, 0.1) is 6.92 Å². The van der Waals surface area contributed by atoms with Gasteiger partial charge < -0.3 is 21.1 Å². The molecule has 7 nitrogen and oxygen atoms in total. The molecule has 4 N–H and O–H groups in total. The van der Waals surface area contributed by atoms with E-state index in [1.54, 1.807) is 12.4 Å². The molecule has 0 spiro atoms. The molecule has 2 amide bonds. The number of carbonyl (C=O) groups is 2. The first-order valence-corrected chi connectivity index (χ1v) is 5.97. The quantitative estimate of drug-likeness (QED) is 0.540. The zero-order valence-electron chi connectivity index (χ0n) is 10.8. The second kappa shape index (κ2) is 7.91. The van der Waals surface area contributed by atoms with Crippen LogP contribution in [0.5, 0.6) is 0 Å². The fourth-order valence-electron chi connectivity index (χ4n) is 1.39. The van der Waals surface area contributed by atoms with Crippen LogP contribution in [0.15, 0.2) is 18.5 Å². The molecule has 0 aliphatic carbocycles. The van der Waals surface area contributed by atoms with Gasteiger partial charge in [0.25, 0.3) is 0 Å². The van der Waals surface area contributed by atoms with Gasteiger partial charge in [-0.05, 0) is 18.6 Å². The average molecular weight is 266 g/mol. The van der Waals surface area contributed by atoms with E-state index < -0.39 is 5.97 Å². The van der Waals surface area contributed by atoms with Crippen LogP contribution in [0.25, 0.3) is 0 Å². The lowest BCUT2D eigenvalue weighted by atomic mass is 10.2. The highest BCUT2D eigenvalue weighted by Gasteiger charge is 2.01. The molecule has 0 bridgehead atoms. The number of carbonyl (C=O) groups excluding carboxylic acids is 1. The standard InChI is InChI=1S/C12H18N4O3/c1-9-8-13-4-2-10(9)14-6-7-16-12(19)15-5-3-11(17)18/h2,4,8H,3,5-7H2,1H3,(H,13,14)(H,17,18)(H2,15,16,19). The van der Waals surface area contributed by atoms with Crippen molar-refractivity contribution < 1.29 is 14.7 Å². The number of urea groups is 1. The van der Waals surface area contributed by atoms with Crippen LogP contribution in [-0.2, 0) is 4.79 Å². The third-order valence-electron chi connectivity index (χ3n) is 2.37. The summed E-state index contributed by atoms with van der Waals surface area (Å²) in [5.41, 5.74) is 2.01. The molecule has 1 heterocycles. The molecule has 0 atom stereocenters. The summed E-state index contributed by atoms with van der Waals surface area (Å²) >= 11 is 0. The van der Waals surface area contributed by atoms with Crippen LogP contribution in [-0.4, -0.2) is 41.7 Å². The van der Waals surface area contributed by atoms with Crippen LogP contribution in [0.3, 0.4) is 0 Å². The highest BCUT2D eigenvalue weighted by atomic mass is 16.4. The fourth-order valence-corrected chi connectivity index (χ4v) is 1.39. The summed E-state index contributed by atoms with van der Waals surface area (Å²) in [4.78, 5) is 25.5. The maximum Gasteiger partial charge on any atom is 0.314 e. The molecule has 0 aliphatic rings. The van der Waals surface area contributed by atoms with Crippen molar-refractivity contribution in [1.82, 2.24) is 15.6 Å². The molecule has 7 heteroatoms. The Hall–Kier alpha value is -2.31. The van der Waals surface area contributed by atoms with Crippen LogP contribution in [0.1, 0.15) is 12.0 Å². The smallest absolute Gasteiger partial charge is 0.314 e. The van der Waals surface area contributed by atoms with Crippen molar-refractivity contribution in [3.05, 3.63) is 24.0 Å². The molecule has 19 heavy (non-hydrogen) atoms. The first kappa shape index (κ1) is 14.7. The Labute approximate surface area is 111 Å². The van der Waals surface area contributed by atoms with Crippen molar-refractivity contribution in [1.29, 1.82) is 0 Å². The highest BCUT2D eigenvalue weighted by Crippen LogP contribution is 2.10. The van der Waals surface area contributed by atoms with Gasteiger partial charge in [-0.15, -0.1) is 0 Å². The van der Waals surface area contributed by atoms with Crippen molar-refractivity contribution in [2.45, 2.75) is 13.3 Å². The first-order valence-electron chi connectivity index (χ1n) is 5.97. The van der Waals surface area contributed by atoms with Crippen molar-refractivity contribution in [2.75, 3.05) is 25.0 Å². The summed E-state index contributed by atoms with van der Waals surface area (Å²) in [6.45, 7) is 3.09. The minimum atomic E-state index is -0.935. The lowest BCUT2D eigenvalue weighted by Gasteiger charge is -2.10. The molecule has 104 valence electrons. The second-order valence-electron chi connectivity index (χ2n) is 3.94. The third-order valence-corrected chi connectivity index (χ3v) is 2.37. The summed E-state index contributed by atoms with van der Waals surface area (Å²) in [5, 5.41) is 16.7. The molecule has 1 aromatic rings. The summed E-state index contributed by atoms with van der Waals surface area (Å²) < 4.78 is 0. The number of carboxylic acids is 1. The van der Waals surface area contributed by atoms with Crippen LogP contribution >= 0.6 is 0 Å². The van der Waals surface area contributed by atoms with Crippen molar-refractivity contribution >= 4 is 17.7 Å². The van der Waals surface area contributed by atoms with E-state index in [0.717, 1.165) is 11.3 Å². The molecule has 0 radical (unpaired) electrons. The van der Waals surface area contributed by atoms with E-state index in [-0.39, 0.29) is 19.0 Å². The Morgan fingerprint density at radius 3 is 2.68 bits per heavy atom. The summed E-state index contributed by atoms with van der Waals surface area (Å²) in [5.74, 6) is -0.935. The van der Waals surface area contributed by atoms with E-state index in [2.05, 4.69) is 20.9 Å². The normalized spacial score (nSPS) is 9.74. The largest absolute Gasteiger partial charge is 0.481 e. The zero-order chi connectivity index (χ0) is 14.1. The average Bonchev–Trinajstić information content (AvgIpc) is 2.36. The number of pyridine rings is 1. The third kappa shape index (κ3) is 6.25. The maximum atomic E-state index is 11.2. The van der Waals surface area contributed by atoms with Gasteiger partial charge in [0.05, 0.1) is 6.42 Å². The number of nitrogens with one attached hydrogen (secondary N) is 3. The van der Waals surface area contributed by atoms with Gasteiger partial charge in [0.2, 0.25) is 0 Å².